The number of hydrogen-bond acceptors (Lipinski definition) is 4. The molecule has 1 aromatic rings. The van der Waals surface area contributed by atoms with Gasteiger partial charge < -0.3 is 5.11 Å². The van der Waals surface area contributed by atoms with Crippen LogP contribution in [0.1, 0.15) is 32.8 Å². The predicted octanol–water partition coefficient (Wildman–Crippen LogP) is 2.17. The molecule has 0 aliphatic carbocycles. The van der Waals surface area contributed by atoms with Gasteiger partial charge in [0, 0.05) is 19.7 Å². The Balaban J connectivity index is 3.06. The maximum atomic E-state index is 12.8. The number of aliphatic hydroxyl groups excluding tert-OH is 1. The van der Waals surface area contributed by atoms with E-state index in [-0.39, 0.29) is 29.9 Å². The second-order valence-corrected chi connectivity index (χ2v) is 8.39. The molecule has 0 radical (unpaired) electrons. The molecule has 22 heavy (non-hydrogen) atoms. The zero-order valence-electron chi connectivity index (χ0n) is 13.4. The molecule has 0 amide bonds. The van der Waals surface area contributed by atoms with Crippen LogP contribution >= 0.6 is 0 Å². The summed E-state index contributed by atoms with van der Waals surface area (Å²) in [5.41, 5.74) is 0.614. The van der Waals surface area contributed by atoms with E-state index in [2.05, 4.69) is 0 Å². The summed E-state index contributed by atoms with van der Waals surface area (Å²) in [5, 5.41) is 17.7. The summed E-state index contributed by atoms with van der Waals surface area (Å²) in [6.45, 7) is 6.56. The van der Waals surface area contributed by atoms with Gasteiger partial charge in [-0.1, -0.05) is 32.9 Å². The van der Waals surface area contributed by atoms with Crippen LogP contribution in [0.4, 0.5) is 0 Å². The average Bonchev–Trinajstić information content (AvgIpc) is 2.43. The molecule has 1 aromatic carbocycles. The second-order valence-electron chi connectivity index (χ2n) is 6.46. The van der Waals surface area contributed by atoms with Crippen molar-refractivity contribution in [2.75, 3.05) is 19.7 Å². The number of hydrogen-bond donors (Lipinski definition) is 1. The SMILES string of the molecule is CC(C)(C)CN(CCCO)S(=O)(=O)c1ccc(CC#N)cc1. The molecular weight excluding hydrogens is 300 g/mol. The predicted molar refractivity (Wildman–Crippen MR) is 85.7 cm³/mol. The van der Waals surface area contributed by atoms with E-state index in [9.17, 15) is 8.42 Å². The quantitative estimate of drug-likeness (QED) is 0.833. The van der Waals surface area contributed by atoms with E-state index < -0.39 is 10.0 Å². The molecule has 122 valence electrons. The lowest BCUT2D eigenvalue weighted by molar-refractivity contribution is 0.241. The van der Waals surface area contributed by atoms with Crippen LogP contribution in [-0.4, -0.2) is 37.5 Å². The van der Waals surface area contributed by atoms with Gasteiger partial charge in [0.2, 0.25) is 10.0 Å². The molecule has 1 rings (SSSR count). The molecule has 5 nitrogen and oxygen atoms in total. The highest BCUT2D eigenvalue weighted by molar-refractivity contribution is 7.89. The Labute approximate surface area is 133 Å². The largest absolute Gasteiger partial charge is 0.396 e. The minimum absolute atomic E-state index is 0.0444. The van der Waals surface area contributed by atoms with Gasteiger partial charge in [-0.3, -0.25) is 0 Å². The Morgan fingerprint density at radius 1 is 1.23 bits per heavy atom. The smallest absolute Gasteiger partial charge is 0.243 e. The molecule has 0 bridgehead atoms. The van der Waals surface area contributed by atoms with E-state index in [0.29, 0.717) is 13.0 Å². The maximum Gasteiger partial charge on any atom is 0.243 e. The van der Waals surface area contributed by atoms with Crippen molar-refractivity contribution in [1.82, 2.24) is 4.31 Å². The second kappa shape index (κ2) is 7.73. The maximum absolute atomic E-state index is 12.8. The minimum Gasteiger partial charge on any atom is -0.396 e. The Morgan fingerprint density at radius 2 is 1.82 bits per heavy atom. The first kappa shape index (κ1) is 18.6. The number of rotatable bonds is 7. The van der Waals surface area contributed by atoms with E-state index in [0.717, 1.165) is 5.56 Å². The zero-order chi connectivity index (χ0) is 16.8. The molecule has 0 saturated heterocycles. The van der Waals surface area contributed by atoms with Crippen molar-refractivity contribution >= 4 is 10.0 Å². The van der Waals surface area contributed by atoms with Crippen LogP contribution < -0.4 is 0 Å². The van der Waals surface area contributed by atoms with Gasteiger partial charge in [-0.05, 0) is 29.5 Å². The van der Waals surface area contributed by atoms with E-state index in [1.807, 2.05) is 26.8 Å². The minimum atomic E-state index is -3.60. The molecular formula is C16H24N2O3S. The fourth-order valence-electron chi connectivity index (χ4n) is 2.08. The molecule has 6 heteroatoms. The first-order valence-corrected chi connectivity index (χ1v) is 8.71. The number of benzene rings is 1. The van der Waals surface area contributed by atoms with Gasteiger partial charge >= 0.3 is 0 Å². The zero-order valence-corrected chi connectivity index (χ0v) is 14.2. The average molecular weight is 324 g/mol. The van der Waals surface area contributed by atoms with Crippen LogP contribution in [0, 0.1) is 16.7 Å². The first-order chi connectivity index (χ1) is 10.2. The van der Waals surface area contributed by atoms with Gasteiger partial charge in [-0.2, -0.15) is 9.57 Å². The highest BCUT2D eigenvalue weighted by Crippen LogP contribution is 2.23. The van der Waals surface area contributed by atoms with Gasteiger partial charge in [-0.15, -0.1) is 0 Å². The van der Waals surface area contributed by atoms with Crippen molar-refractivity contribution in [3.05, 3.63) is 29.8 Å². The fourth-order valence-corrected chi connectivity index (χ4v) is 3.78. The first-order valence-electron chi connectivity index (χ1n) is 7.27. The summed E-state index contributed by atoms with van der Waals surface area (Å²) in [5.74, 6) is 0. The van der Waals surface area contributed by atoms with Gasteiger partial charge in [-0.25, -0.2) is 8.42 Å². The number of sulfonamides is 1. The Bertz CT molecular complexity index is 610. The van der Waals surface area contributed by atoms with Crippen LogP contribution in [-0.2, 0) is 16.4 Å². The lowest BCUT2D eigenvalue weighted by Gasteiger charge is -2.29. The molecule has 0 aliphatic heterocycles. The molecule has 1 N–H and O–H groups in total. The van der Waals surface area contributed by atoms with Crippen molar-refractivity contribution in [3.8, 4) is 6.07 Å². The van der Waals surface area contributed by atoms with Gasteiger partial charge in [0.15, 0.2) is 0 Å². The van der Waals surface area contributed by atoms with E-state index in [4.69, 9.17) is 10.4 Å². The molecule has 0 saturated carbocycles. The van der Waals surface area contributed by atoms with E-state index >= 15 is 0 Å². The number of nitriles is 1. The van der Waals surface area contributed by atoms with E-state index in [1.54, 1.807) is 12.1 Å². The summed E-state index contributed by atoms with van der Waals surface area (Å²) >= 11 is 0. The number of nitrogens with zero attached hydrogens (tertiary/aromatic N) is 2. The summed E-state index contributed by atoms with van der Waals surface area (Å²) in [6.07, 6.45) is 0.665. The third-order valence-electron chi connectivity index (χ3n) is 3.06. The summed E-state index contributed by atoms with van der Waals surface area (Å²) in [6, 6.07) is 8.44. The molecule has 0 aromatic heterocycles. The molecule has 0 unspecified atom stereocenters. The van der Waals surface area contributed by atoms with Gasteiger partial charge in [0.05, 0.1) is 17.4 Å². The Morgan fingerprint density at radius 3 is 2.27 bits per heavy atom. The van der Waals surface area contributed by atoms with Crippen LogP contribution in [0.5, 0.6) is 0 Å². The Hall–Kier alpha value is -1.42. The summed E-state index contributed by atoms with van der Waals surface area (Å²) in [7, 11) is -3.60. The van der Waals surface area contributed by atoms with E-state index in [1.165, 1.54) is 16.4 Å². The lowest BCUT2D eigenvalue weighted by Crippen LogP contribution is -2.38. The molecule has 0 atom stereocenters. The van der Waals surface area contributed by atoms with Crippen LogP contribution in [0.15, 0.2) is 29.2 Å². The standard InChI is InChI=1S/C16H24N2O3S/c1-16(2,3)13-18(11-4-12-19)22(20,21)15-7-5-14(6-8-15)9-10-17/h5-8,19H,4,9,11-13H2,1-3H3. The molecule has 0 heterocycles. The van der Waals surface area contributed by atoms with Gasteiger partial charge in [0.25, 0.3) is 0 Å². The third kappa shape index (κ3) is 5.41. The molecule has 0 spiro atoms. The highest BCUT2D eigenvalue weighted by Gasteiger charge is 2.28. The summed E-state index contributed by atoms with van der Waals surface area (Å²) in [4.78, 5) is 0.219. The van der Waals surface area contributed by atoms with Crippen molar-refractivity contribution in [2.45, 2.75) is 38.5 Å². The topological polar surface area (TPSA) is 81.4 Å². The van der Waals surface area contributed by atoms with Crippen molar-refractivity contribution in [3.63, 3.8) is 0 Å². The van der Waals surface area contributed by atoms with Gasteiger partial charge in [0.1, 0.15) is 0 Å². The third-order valence-corrected chi connectivity index (χ3v) is 4.92. The fraction of sp³-hybridized carbons (Fsp3) is 0.562. The van der Waals surface area contributed by atoms with Crippen LogP contribution in [0.2, 0.25) is 0 Å². The Kier molecular flexibility index (Phi) is 6.54. The normalized spacial score (nSPS) is 12.4. The van der Waals surface area contributed by atoms with Crippen molar-refractivity contribution in [2.24, 2.45) is 5.41 Å². The summed E-state index contributed by atoms with van der Waals surface area (Å²) < 4.78 is 26.9. The van der Waals surface area contributed by atoms with Crippen LogP contribution in [0.25, 0.3) is 0 Å². The van der Waals surface area contributed by atoms with Crippen molar-refractivity contribution < 1.29 is 13.5 Å². The lowest BCUT2D eigenvalue weighted by atomic mass is 9.97. The molecule has 0 fully saturated rings. The van der Waals surface area contributed by atoms with Crippen LogP contribution in [0.3, 0.4) is 0 Å². The monoisotopic (exact) mass is 324 g/mol. The molecule has 0 aliphatic rings. The number of aliphatic hydroxyl groups is 1. The highest BCUT2D eigenvalue weighted by atomic mass is 32.2. The van der Waals surface area contributed by atoms with Crippen molar-refractivity contribution in [1.29, 1.82) is 5.26 Å².